The first-order valence-corrected chi connectivity index (χ1v) is 6.73. The van der Waals surface area contributed by atoms with Gasteiger partial charge in [0.2, 0.25) is 5.28 Å². The third-order valence-electron chi connectivity index (χ3n) is 2.00. The minimum atomic E-state index is -0.640. The van der Waals surface area contributed by atoms with E-state index in [9.17, 15) is 10.1 Å². The Hall–Kier alpha value is -1.25. The van der Waals surface area contributed by atoms with Gasteiger partial charge in [0.25, 0.3) is 0 Å². The van der Waals surface area contributed by atoms with E-state index in [-0.39, 0.29) is 16.9 Å². The van der Waals surface area contributed by atoms with Crippen molar-refractivity contribution in [3.05, 3.63) is 48.7 Å². The summed E-state index contributed by atoms with van der Waals surface area (Å²) in [5.41, 5.74) is -0.362. The molecule has 19 heavy (non-hydrogen) atoms. The molecule has 0 saturated heterocycles. The van der Waals surface area contributed by atoms with E-state index in [1.807, 2.05) is 0 Å². The summed E-state index contributed by atoms with van der Waals surface area (Å²) in [4.78, 5) is 17.5. The number of hydrogen-bond acceptors (Lipinski definition) is 5. The van der Waals surface area contributed by atoms with E-state index < -0.39 is 4.92 Å². The van der Waals surface area contributed by atoms with Gasteiger partial charge in [0.1, 0.15) is 11.9 Å². The van der Waals surface area contributed by atoms with Gasteiger partial charge >= 0.3 is 11.6 Å². The van der Waals surface area contributed by atoms with E-state index in [2.05, 4.69) is 41.8 Å². The van der Waals surface area contributed by atoms with Crippen LogP contribution in [0.2, 0.25) is 5.28 Å². The van der Waals surface area contributed by atoms with Gasteiger partial charge in [-0.25, -0.2) is 4.98 Å². The minimum Gasteiger partial charge on any atom is -0.432 e. The molecule has 9 heteroatoms. The molecular weight excluding hydrogens is 405 g/mol. The van der Waals surface area contributed by atoms with Gasteiger partial charge in [0.05, 0.1) is 9.40 Å². The van der Waals surface area contributed by atoms with Crippen LogP contribution in [0.15, 0.2) is 33.3 Å². The first-order chi connectivity index (χ1) is 8.97. The first kappa shape index (κ1) is 14.2. The molecule has 1 heterocycles. The number of benzene rings is 1. The summed E-state index contributed by atoms with van der Waals surface area (Å²) in [6.45, 7) is 0. The van der Waals surface area contributed by atoms with Crippen molar-refractivity contribution < 1.29 is 9.66 Å². The number of aromatic nitrogens is 2. The fourth-order valence-electron chi connectivity index (χ4n) is 1.20. The van der Waals surface area contributed by atoms with Crippen molar-refractivity contribution in [1.29, 1.82) is 0 Å². The number of ether oxygens (including phenoxy) is 1. The van der Waals surface area contributed by atoms with Crippen molar-refractivity contribution in [1.82, 2.24) is 9.97 Å². The fourth-order valence-corrected chi connectivity index (χ4v) is 2.46. The molecule has 0 atom stereocenters. The highest BCUT2D eigenvalue weighted by molar-refractivity contribution is 9.11. The first-order valence-electron chi connectivity index (χ1n) is 4.77. The van der Waals surface area contributed by atoms with E-state index in [4.69, 9.17) is 16.3 Å². The van der Waals surface area contributed by atoms with Crippen molar-refractivity contribution >= 4 is 49.1 Å². The van der Waals surface area contributed by atoms with Gasteiger partial charge in [0.15, 0.2) is 0 Å². The van der Waals surface area contributed by atoms with Crippen LogP contribution >= 0.6 is 43.5 Å². The molecule has 0 aliphatic rings. The third kappa shape index (κ3) is 3.40. The van der Waals surface area contributed by atoms with Gasteiger partial charge in [0, 0.05) is 4.47 Å². The van der Waals surface area contributed by atoms with Crippen molar-refractivity contribution in [3.63, 3.8) is 0 Å². The summed E-state index contributed by atoms with van der Waals surface area (Å²) in [7, 11) is 0. The Morgan fingerprint density at radius 2 is 2.11 bits per heavy atom. The minimum absolute atomic E-state index is 0.131. The van der Waals surface area contributed by atoms with Crippen molar-refractivity contribution in [3.8, 4) is 11.6 Å². The molecule has 98 valence electrons. The maximum atomic E-state index is 10.8. The topological polar surface area (TPSA) is 78.2 Å². The average molecular weight is 409 g/mol. The maximum absolute atomic E-state index is 10.8. The molecule has 2 aromatic rings. The molecule has 1 aromatic carbocycles. The average Bonchev–Trinajstić information content (AvgIpc) is 2.32. The van der Waals surface area contributed by atoms with Gasteiger partial charge in [-0.2, -0.15) is 4.98 Å². The summed E-state index contributed by atoms with van der Waals surface area (Å²) in [5.74, 6) is 0.161. The summed E-state index contributed by atoms with van der Waals surface area (Å²) >= 11 is 12.2. The van der Waals surface area contributed by atoms with Gasteiger partial charge in [-0.15, -0.1) is 0 Å². The quantitative estimate of drug-likeness (QED) is 0.428. The molecule has 0 fully saturated rings. The summed E-state index contributed by atoms with van der Waals surface area (Å²) in [6.07, 6.45) is 0.997. The number of rotatable bonds is 3. The second-order valence-electron chi connectivity index (χ2n) is 3.26. The van der Waals surface area contributed by atoms with Crippen molar-refractivity contribution in [2.45, 2.75) is 0 Å². The lowest BCUT2D eigenvalue weighted by atomic mass is 10.3. The van der Waals surface area contributed by atoms with Crippen LogP contribution in [-0.4, -0.2) is 14.9 Å². The Labute approximate surface area is 129 Å². The van der Waals surface area contributed by atoms with Crippen LogP contribution in [0.3, 0.4) is 0 Å². The molecular formula is C10H4Br2ClN3O3. The van der Waals surface area contributed by atoms with Crippen LogP contribution in [0.5, 0.6) is 11.6 Å². The van der Waals surface area contributed by atoms with Gasteiger partial charge in [-0.3, -0.25) is 10.1 Å². The number of hydrogen-bond donors (Lipinski definition) is 0. The molecule has 0 N–H and O–H groups in total. The number of nitro groups is 1. The zero-order valence-electron chi connectivity index (χ0n) is 9.01. The normalized spacial score (nSPS) is 10.3. The Morgan fingerprint density at radius 1 is 1.37 bits per heavy atom. The molecule has 6 nitrogen and oxygen atoms in total. The lowest BCUT2D eigenvalue weighted by molar-refractivity contribution is -0.386. The zero-order valence-corrected chi connectivity index (χ0v) is 12.9. The predicted octanol–water partition coefficient (Wildman–Crippen LogP) is 4.36. The Balaban J connectivity index is 2.42. The Kier molecular flexibility index (Phi) is 4.33. The van der Waals surface area contributed by atoms with E-state index in [1.54, 1.807) is 18.2 Å². The lowest BCUT2D eigenvalue weighted by Gasteiger charge is -2.07. The summed E-state index contributed by atoms with van der Waals surface area (Å²) in [5, 5.41) is 10.7. The third-order valence-corrected chi connectivity index (χ3v) is 3.30. The standard InChI is InChI=1S/C10H4Br2ClN3O3/c11-5-1-2-8(6(12)3-5)19-9-7(16(17)18)4-14-10(13)15-9/h1-4H. The van der Waals surface area contributed by atoms with Crippen LogP contribution in [0.1, 0.15) is 0 Å². The van der Waals surface area contributed by atoms with Crippen LogP contribution < -0.4 is 4.74 Å². The van der Waals surface area contributed by atoms with Gasteiger partial charge < -0.3 is 4.74 Å². The molecule has 0 amide bonds. The Bertz CT molecular complexity index is 654. The highest BCUT2D eigenvalue weighted by Gasteiger charge is 2.20. The fraction of sp³-hybridized carbons (Fsp3) is 0. The highest BCUT2D eigenvalue weighted by Crippen LogP contribution is 2.35. The van der Waals surface area contributed by atoms with Crippen LogP contribution in [0.4, 0.5) is 5.69 Å². The van der Waals surface area contributed by atoms with E-state index in [1.165, 1.54) is 0 Å². The SMILES string of the molecule is O=[N+]([O-])c1cnc(Cl)nc1Oc1ccc(Br)cc1Br. The van der Waals surface area contributed by atoms with E-state index >= 15 is 0 Å². The Morgan fingerprint density at radius 3 is 2.74 bits per heavy atom. The summed E-state index contributed by atoms with van der Waals surface area (Å²) in [6, 6.07) is 5.10. The maximum Gasteiger partial charge on any atom is 0.349 e. The molecule has 0 aliphatic carbocycles. The molecule has 0 saturated carbocycles. The zero-order chi connectivity index (χ0) is 14.0. The van der Waals surface area contributed by atoms with Crippen molar-refractivity contribution in [2.24, 2.45) is 0 Å². The summed E-state index contributed by atoms with van der Waals surface area (Å²) < 4.78 is 6.84. The van der Waals surface area contributed by atoms with Crippen LogP contribution in [0, 0.1) is 10.1 Å². The van der Waals surface area contributed by atoms with Gasteiger partial charge in [-0.1, -0.05) is 15.9 Å². The molecule has 0 bridgehead atoms. The molecule has 0 spiro atoms. The van der Waals surface area contributed by atoms with E-state index in [0.29, 0.717) is 10.2 Å². The monoisotopic (exact) mass is 407 g/mol. The van der Waals surface area contributed by atoms with Crippen LogP contribution in [0.25, 0.3) is 0 Å². The predicted molar refractivity (Wildman–Crippen MR) is 75.6 cm³/mol. The van der Waals surface area contributed by atoms with Gasteiger partial charge in [-0.05, 0) is 45.7 Å². The highest BCUT2D eigenvalue weighted by atomic mass is 79.9. The number of nitrogens with zero attached hydrogens (tertiary/aromatic N) is 3. The molecule has 2 rings (SSSR count). The largest absolute Gasteiger partial charge is 0.432 e. The second kappa shape index (κ2) is 5.81. The smallest absolute Gasteiger partial charge is 0.349 e. The molecule has 0 aliphatic heterocycles. The van der Waals surface area contributed by atoms with Crippen LogP contribution in [-0.2, 0) is 0 Å². The van der Waals surface area contributed by atoms with Crippen molar-refractivity contribution in [2.75, 3.05) is 0 Å². The molecule has 0 radical (unpaired) electrons. The lowest BCUT2D eigenvalue weighted by Crippen LogP contribution is -1.98. The molecule has 1 aromatic heterocycles. The van der Waals surface area contributed by atoms with E-state index in [0.717, 1.165) is 10.7 Å². The molecule has 0 unspecified atom stereocenters. The number of halogens is 3. The second-order valence-corrected chi connectivity index (χ2v) is 5.37.